The summed E-state index contributed by atoms with van der Waals surface area (Å²) in [5, 5.41) is 6.81. The molecule has 1 saturated heterocycles. The Morgan fingerprint density at radius 2 is 1.96 bits per heavy atom. The molecule has 0 bridgehead atoms. The van der Waals surface area contributed by atoms with Crippen LogP contribution in [0.3, 0.4) is 0 Å². The number of halogens is 2. The van der Waals surface area contributed by atoms with Crippen LogP contribution in [0.2, 0.25) is 0 Å². The molecule has 5 nitrogen and oxygen atoms in total. The molecule has 1 heterocycles. The van der Waals surface area contributed by atoms with Gasteiger partial charge in [-0.05, 0) is 43.2 Å². The molecule has 0 amide bonds. The van der Waals surface area contributed by atoms with Crippen molar-refractivity contribution in [2.45, 2.75) is 25.9 Å². The second kappa shape index (κ2) is 11.1. The number of anilines is 1. The quantitative estimate of drug-likeness (QED) is 0.362. The molecule has 0 saturated carbocycles. The normalized spacial score (nSPS) is 16.5. The van der Waals surface area contributed by atoms with E-state index in [9.17, 15) is 4.39 Å². The summed E-state index contributed by atoms with van der Waals surface area (Å²) < 4.78 is 18.5. The van der Waals surface area contributed by atoms with Gasteiger partial charge in [0.2, 0.25) is 0 Å². The van der Waals surface area contributed by atoms with E-state index in [1.54, 1.807) is 19.2 Å². The molecule has 2 N–H and O–H groups in total. The van der Waals surface area contributed by atoms with Crippen LogP contribution in [0.1, 0.15) is 18.9 Å². The lowest BCUT2D eigenvalue weighted by atomic mass is 10.2. The summed E-state index contributed by atoms with van der Waals surface area (Å²) in [7, 11) is 1.70. The van der Waals surface area contributed by atoms with Gasteiger partial charge in [0.15, 0.2) is 5.96 Å². The summed E-state index contributed by atoms with van der Waals surface area (Å²) in [5.74, 6) is 1.46. The Bertz CT molecular complexity index is 769. The van der Waals surface area contributed by atoms with Crippen molar-refractivity contribution in [3.8, 4) is 5.75 Å². The molecule has 0 aromatic heterocycles. The summed E-state index contributed by atoms with van der Waals surface area (Å²) in [6.45, 7) is 5.21. The van der Waals surface area contributed by atoms with Crippen molar-refractivity contribution in [1.29, 1.82) is 0 Å². The number of hydrogen-bond donors (Lipinski definition) is 2. The molecule has 2 aromatic rings. The second-order valence-corrected chi connectivity index (χ2v) is 6.57. The fourth-order valence-electron chi connectivity index (χ4n) is 3.26. The van der Waals surface area contributed by atoms with Crippen molar-refractivity contribution < 1.29 is 9.13 Å². The van der Waals surface area contributed by atoms with Gasteiger partial charge in [-0.1, -0.05) is 24.3 Å². The van der Waals surface area contributed by atoms with Crippen LogP contribution in [0.25, 0.3) is 0 Å². The molecule has 1 unspecified atom stereocenters. The van der Waals surface area contributed by atoms with Gasteiger partial charge in [0, 0.05) is 25.7 Å². The van der Waals surface area contributed by atoms with Crippen LogP contribution in [0.4, 0.5) is 10.1 Å². The van der Waals surface area contributed by atoms with E-state index in [0.717, 1.165) is 49.0 Å². The number of rotatable bonds is 6. The Hall–Kier alpha value is -2.03. The van der Waals surface area contributed by atoms with Crippen LogP contribution in [-0.2, 0) is 6.54 Å². The Morgan fingerprint density at radius 1 is 1.21 bits per heavy atom. The van der Waals surface area contributed by atoms with Gasteiger partial charge >= 0.3 is 0 Å². The summed E-state index contributed by atoms with van der Waals surface area (Å²) in [6.07, 6.45) is 1.03. The zero-order valence-corrected chi connectivity index (χ0v) is 18.7. The highest BCUT2D eigenvalue weighted by molar-refractivity contribution is 14.0. The Kier molecular flexibility index (Phi) is 8.82. The third-order valence-corrected chi connectivity index (χ3v) is 4.63. The smallest absolute Gasteiger partial charge is 0.191 e. The average molecular weight is 498 g/mol. The number of para-hydroxylation sites is 2. The number of methoxy groups -OCH3 is 1. The molecule has 0 radical (unpaired) electrons. The predicted octanol–water partition coefficient (Wildman–Crippen LogP) is 3.79. The summed E-state index contributed by atoms with van der Waals surface area (Å²) in [6, 6.07) is 14.9. The minimum atomic E-state index is -0.227. The minimum Gasteiger partial charge on any atom is -0.495 e. The molecular formula is C21H28FIN4O. The number of nitrogens with one attached hydrogen (secondary N) is 2. The Labute approximate surface area is 183 Å². The predicted molar refractivity (Wildman–Crippen MR) is 123 cm³/mol. The van der Waals surface area contributed by atoms with E-state index in [2.05, 4.69) is 26.6 Å². The van der Waals surface area contributed by atoms with Crippen molar-refractivity contribution in [3.05, 3.63) is 59.9 Å². The first kappa shape index (κ1) is 22.3. The van der Waals surface area contributed by atoms with Crippen LogP contribution >= 0.6 is 24.0 Å². The lowest BCUT2D eigenvalue weighted by Crippen LogP contribution is -2.44. The first-order chi connectivity index (χ1) is 13.2. The van der Waals surface area contributed by atoms with Crippen molar-refractivity contribution in [3.63, 3.8) is 0 Å². The topological polar surface area (TPSA) is 48.9 Å². The number of ether oxygens (including phenoxy) is 1. The van der Waals surface area contributed by atoms with Crippen LogP contribution in [0, 0.1) is 5.82 Å². The molecule has 0 aliphatic carbocycles. The Balaban J connectivity index is 0.00000280. The third-order valence-electron chi connectivity index (χ3n) is 4.63. The van der Waals surface area contributed by atoms with Gasteiger partial charge in [-0.3, -0.25) is 0 Å². The van der Waals surface area contributed by atoms with Gasteiger partial charge in [0.05, 0.1) is 19.3 Å². The van der Waals surface area contributed by atoms with Gasteiger partial charge in [0.25, 0.3) is 0 Å². The van der Waals surface area contributed by atoms with Crippen LogP contribution < -0.4 is 20.3 Å². The van der Waals surface area contributed by atoms with E-state index in [1.165, 1.54) is 12.1 Å². The molecule has 2 aromatic carbocycles. The number of benzene rings is 2. The number of guanidine groups is 1. The zero-order valence-electron chi connectivity index (χ0n) is 16.3. The standard InChI is InChI=1S/C21H27FN4O.HI/c1-3-23-21(24-14-16-8-10-17(22)11-9-16)25-18-12-13-26(15-18)19-6-4-5-7-20(19)27-2;/h4-11,18H,3,12-15H2,1-2H3,(H2,23,24,25);1H. The molecule has 1 aliphatic heterocycles. The highest BCUT2D eigenvalue weighted by atomic mass is 127. The van der Waals surface area contributed by atoms with Gasteiger partial charge in [-0.15, -0.1) is 24.0 Å². The molecule has 1 aliphatic rings. The highest BCUT2D eigenvalue weighted by Crippen LogP contribution is 2.30. The van der Waals surface area contributed by atoms with Crippen LogP contribution in [-0.4, -0.2) is 38.7 Å². The van der Waals surface area contributed by atoms with Crippen LogP contribution in [0.5, 0.6) is 5.75 Å². The monoisotopic (exact) mass is 498 g/mol. The first-order valence-electron chi connectivity index (χ1n) is 9.37. The van der Waals surface area contributed by atoms with E-state index < -0.39 is 0 Å². The maximum atomic E-state index is 13.0. The van der Waals surface area contributed by atoms with Crippen molar-refractivity contribution in [1.82, 2.24) is 10.6 Å². The SMILES string of the molecule is CCNC(=NCc1ccc(F)cc1)NC1CCN(c2ccccc2OC)C1.I. The number of hydrogen-bond acceptors (Lipinski definition) is 3. The molecule has 1 fully saturated rings. The zero-order chi connectivity index (χ0) is 19.1. The molecular weight excluding hydrogens is 470 g/mol. The lowest BCUT2D eigenvalue weighted by Gasteiger charge is -2.22. The van der Waals surface area contributed by atoms with Crippen molar-refractivity contribution in [2.24, 2.45) is 4.99 Å². The van der Waals surface area contributed by atoms with Gasteiger partial charge in [0.1, 0.15) is 11.6 Å². The largest absolute Gasteiger partial charge is 0.495 e. The van der Waals surface area contributed by atoms with Gasteiger partial charge < -0.3 is 20.3 Å². The maximum absolute atomic E-state index is 13.0. The van der Waals surface area contributed by atoms with E-state index >= 15 is 0 Å². The fraction of sp³-hybridized carbons (Fsp3) is 0.381. The van der Waals surface area contributed by atoms with E-state index in [0.29, 0.717) is 12.6 Å². The molecule has 7 heteroatoms. The lowest BCUT2D eigenvalue weighted by molar-refractivity contribution is 0.415. The third kappa shape index (κ3) is 5.98. The molecule has 152 valence electrons. The summed E-state index contributed by atoms with van der Waals surface area (Å²) in [5.41, 5.74) is 2.10. The van der Waals surface area contributed by atoms with Gasteiger partial charge in [-0.2, -0.15) is 0 Å². The van der Waals surface area contributed by atoms with Crippen molar-refractivity contribution in [2.75, 3.05) is 31.6 Å². The Morgan fingerprint density at radius 3 is 2.68 bits per heavy atom. The van der Waals surface area contributed by atoms with Crippen LogP contribution in [0.15, 0.2) is 53.5 Å². The minimum absolute atomic E-state index is 0. The first-order valence-corrected chi connectivity index (χ1v) is 9.37. The van der Waals surface area contributed by atoms with E-state index in [4.69, 9.17) is 4.74 Å². The van der Waals surface area contributed by atoms with E-state index in [-0.39, 0.29) is 29.8 Å². The highest BCUT2D eigenvalue weighted by Gasteiger charge is 2.25. The second-order valence-electron chi connectivity index (χ2n) is 6.57. The maximum Gasteiger partial charge on any atom is 0.191 e. The molecule has 1 atom stereocenters. The number of nitrogens with zero attached hydrogens (tertiary/aromatic N) is 2. The fourth-order valence-corrected chi connectivity index (χ4v) is 3.26. The average Bonchev–Trinajstić information content (AvgIpc) is 3.16. The molecule has 28 heavy (non-hydrogen) atoms. The number of aliphatic imine (C=N–C) groups is 1. The van der Waals surface area contributed by atoms with Crippen molar-refractivity contribution >= 4 is 35.6 Å². The van der Waals surface area contributed by atoms with E-state index in [1.807, 2.05) is 25.1 Å². The molecule has 0 spiro atoms. The molecule has 3 rings (SSSR count). The summed E-state index contributed by atoms with van der Waals surface area (Å²) >= 11 is 0. The van der Waals surface area contributed by atoms with Gasteiger partial charge in [-0.25, -0.2) is 9.38 Å². The summed E-state index contributed by atoms with van der Waals surface area (Å²) in [4.78, 5) is 6.97.